The lowest BCUT2D eigenvalue weighted by Gasteiger charge is -2.12. The molecule has 0 spiro atoms. The second-order valence-electron chi connectivity index (χ2n) is 6.68. The summed E-state index contributed by atoms with van der Waals surface area (Å²) in [6.45, 7) is 2.62. The third-order valence-electron chi connectivity index (χ3n) is 4.62. The Balaban J connectivity index is 1.41. The zero-order chi connectivity index (χ0) is 21.6. The number of pyridine rings is 1. The summed E-state index contributed by atoms with van der Waals surface area (Å²) in [5, 5.41) is 4.85. The summed E-state index contributed by atoms with van der Waals surface area (Å²) in [6, 6.07) is 8.89. The van der Waals surface area contributed by atoms with Crippen molar-refractivity contribution in [1.82, 2.24) is 24.8 Å². The van der Waals surface area contributed by atoms with Crippen LogP contribution in [0.15, 0.2) is 59.8 Å². The minimum absolute atomic E-state index is 0.207. The lowest BCUT2D eigenvalue weighted by molar-refractivity contribution is 0.0950. The molecule has 0 unspecified atom stereocenters. The highest BCUT2D eigenvalue weighted by molar-refractivity contribution is 7.07. The van der Waals surface area contributed by atoms with Gasteiger partial charge in [-0.1, -0.05) is 0 Å². The van der Waals surface area contributed by atoms with E-state index >= 15 is 0 Å². The summed E-state index contributed by atoms with van der Waals surface area (Å²) in [7, 11) is 1.54. The minimum Gasteiger partial charge on any atom is -0.493 e. The standard InChI is InChI=1S/C22H21N5O3S/c1-15-23-7-8-27(15)21-9-16(5-6-24-21)11-25-22(28)17-3-4-19(20(10-17)29-2)30-12-18-13-31-14-26-18/h3-10,13-14H,11-12H2,1-2H3,(H,25,28). The molecule has 4 rings (SSSR count). The summed E-state index contributed by atoms with van der Waals surface area (Å²) in [5.41, 5.74) is 4.02. The quantitative estimate of drug-likeness (QED) is 0.455. The van der Waals surface area contributed by atoms with Gasteiger partial charge in [-0.25, -0.2) is 15.0 Å². The van der Waals surface area contributed by atoms with Crippen LogP contribution in [0.4, 0.5) is 0 Å². The number of rotatable bonds is 8. The molecule has 0 saturated carbocycles. The number of thiazole rings is 1. The molecular weight excluding hydrogens is 414 g/mol. The molecule has 3 aromatic heterocycles. The number of nitrogens with one attached hydrogen (secondary N) is 1. The van der Waals surface area contributed by atoms with Gasteiger partial charge in [0, 0.05) is 36.1 Å². The molecule has 1 N–H and O–H groups in total. The predicted molar refractivity (Wildman–Crippen MR) is 117 cm³/mol. The molecule has 158 valence electrons. The third kappa shape index (κ3) is 4.89. The zero-order valence-electron chi connectivity index (χ0n) is 17.1. The van der Waals surface area contributed by atoms with Gasteiger partial charge in [-0.2, -0.15) is 0 Å². The van der Waals surface area contributed by atoms with E-state index in [-0.39, 0.29) is 5.91 Å². The molecule has 31 heavy (non-hydrogen) atoms. The molecule has 1 amide bonds. The molecule has 0 aliphatic heterocycles. The molecule has 3 heterocycles. The number of carbonyl (C=O) groups excluding carboxylic acids is 1. The van der Waals surface area contributed by atoms with E-state index in [0.717, 1.165) is 22.9 Å². The van der Waals surface area contributed by atoms with E-state index < -0.39 is 0 Å². The van der Waals surface area contributed by atoms with E-state index in [0.29, 0.717) is 30.2 Å². The van der Waals surface area contributed by atoms with Crippen LogP contribution < -0.4 is 14.8 Å². The molecule has 9 heteroatoms. The predicted octanol–water partition coefficient (Wildman–Crippen LogP) is 3.55. The van der Waals surface area contributed by atoms with Crippen LogP contribution >= 0.6 is 11.3 Å². The molecule has 0 radical (unpaired) electrons. The molecule has 8 nitrogen and oxygen atoms in total. The van der Waals surface area contributed by atoms with Crippen LogP contribution in [0.3, 0.4) is 0 Å². The van der Waals surface area contributed by atoms with Gasteiger partial charge in [0.15, 0.2) is 11.5 Å². The van der Waals surface area contributed by atoms with Gasteiger partial charge in [-0.3, -0.25) is 9.36 Å². The molecule has 0 saturated heterocycles. The first kappa shape index (κ1) is 20.5. The number of benzene rings is 1. The van der Waals surface area contributed by atoms with Crippen molar-refractivity contribution in [2.45, 2.75) is 20.1 Å². The van der Waals surface area contributed by atoms with Crippen molar-refractivity contribution in [2.24, 2.45) is 0 Å². The average Bonchev–Trinajstić information content (AvgIpc) is 3.47. The molecular formula is C22H21N5O3S. The first-order valence-corrected chi connectivity index (χ1v) is 10.5. The van der Waals surface area contributed by atoms with Crippen molar-refractivity contribution in [3.05, 3.63) is 82.5 Å². The van der Waals surface area contributed by atoms with Crippen LogP contribution in [0.5, 0.6) is 11.5 Å². The van der Waals surface area contributed by atoms with E-state index in [9.17, 15) is 4.79 Å². The van der Waals surface area contributed by atoms with Crippen molar-refractivity contribution >= 4 is 17.2 Å². The number of aromatic nitrogens is 4. The Morgan fingerprint density at radius 1 is 1.13 bits per heavy atom. The van der Waals surface area contributed by atoms with Crippen molar-refractivity contribution in [1.29, 1.82) is 0 Å². The van der Waals surface area contributed by atoms with Gasteiger partial charge in [-0.15, -0.1) is 11.3 Å². The Labute approximate surface area is 183 Å². The second kappa shape index (κ2) is 9.40. The Hall–Kier alpha value is -3.72. The van der Waals surface area contributed by atoms with Crippen LogP contribution in [-0.2, 0) is 13.2 Å². The fourth-order valence-corrected chi connectivity index (χ4v) is 3.54. The molecule has 1 aromatic carbocycles. The van der Waals surface area contributed by atoms with E-state index in [1.54, 1.807) is 43.2 Å². The maximum Gasteiger partial charge on any atom is 0.251 e. The number of imidazole rings is 1. The number of hydrogen-bond acceptors (Lipinski definition) is 7. The molecule has 0 fully saturated rings. The van der Waals surface area contributed by atoms with Gasteiger partial charge in [-0.05, 0) is 42.8 Å². The zero-order valence-corrected chi connectivity index (χ0v) is 17.9. The van der Waals surface area contributed by atoms with Gasteiger partial charge in [0.2, 0.25) is 0 Å². The highest BCUT2D eigenvalue weighted by atomic mass is 32.1. The van der Waals surface area contributed by atoms with Crippen LogP contribution in [0.1, 0.15) is 27.4 Å². The molecule has 0 aliphatic rings. The molecule has 4 aromatic rings. The molecule has 0 aliphatic carbocycles. The maximum atomic E-state index is 12.7. The normalized spacial score (nSPS) is 10.6. The largest absolute Gasteiger partial charge is 0.493 e. The van der Waals surface area contributed by atoms with E-state index in [4.69, 9.17) is 9.47 Å². The topological polar surface area (TPSA) is 91.2 Å². The Bertz CT molecular complexity index is 1170. The first-order chi connectivity index (χ1) is 15.1. The number of ether oxygens (including phenoxy) is 2. The number of aryl methyl sites for hydroxylation is 1. The van der Waals surface area contributed by atoms with E-state index in [2.05, 4.69) is 20.3 Å². The van der Waals surface area contributed by atoms with Gasteiger partial charge < -0.3 is 14.8 Å². The summed E-state index contributed by atoms with van der Waals surface area (Å²) in [5.74, 6) is 2.44. The van der Waals surface area contributed by atoms with E-state index in [1.165, 1.54) is 11.3 Å². The van der Waals surface area contributed by atoms with Gasteiger partial charge in [0.25, 0.3) is 5.91 Å². The molecule has 0 bridgehead atoms. The highest BCUT2D eigenvalue weighted by Gasteiger charge is 2.12. The average molecular weight is 436 g/mol. The van der Waals surface area contributed by atoms with Gasteiger partial charge in [0.1, 0.15) is 18.2 Å². The number of methoxy groups -OCH3 is 1. The number of nitrogens with zero attached hydrogens (tertiary/aromatic N) is 4. The molecule has 0 atom stereocenters. The Kier molecular flexibility index (Phi) is 6.23. The minimum atomic E-state index is -0.207. The van der Waals surface area contributed by atoms with Crippen molar-refractivity contribution in [3.8, 4) is 17.3 Å². The summed E-state index contributed by atoms with van der Waals surface area (Å²) < 4.78 is 13.1. The summed E-state index contributed by atoms with van der Waals surface area (Å²) in [4.78, 5) is 25.4. The SMILES string of the molecule is COc1cc(C(=O)NCc2ccnc(-n3ccnc3C)c2)ccc1OCc1cscn1. The smallest absolute Gasteiger partial charge is 0.251 e. The van der Waals surface area contributed by atoms with Crippen LogP contribution in [0.25, 0.3) is 5.82 Å². The fourth-order valence-electron chi connectivity index (χ4n) is 3.00. The lowest BCUT2D eigenvalue weighted by atomic mass is 10.1. The van der Waals surface area contributed by atoms with Gasteiger partial charge in [0.05, 0.1) is 18.3 Å². The van der Waals surface area contributed by atoms with Crippen molar-refractivity contribution in [3.63, 3.8) is 0 Å². The maximum absolute atomic E-state index is 12.7. The lowest BCUT2D eigenvalue weighted by Crippen LogP contribution is -2.23. The van der Waals surface area contributed by atoms with Gasteiger partial charge >= 0.3 is 0 Å². The van der Waals surface area contributed by atoms with Crippen LogP contribution in [0, 0.1) is 6.92 Å². The Morgan fingerprint density at radius 3 is 2.77 bits per heavy atom. The third-order valence-corrected chi connectivity index (χ3v) is 5.26. The number of carbonyl (C=O) groups is 1. The van der Waals surface area contributed by atoms with Crippen LogP contribution in [0.2, 0.25) is 0 Å². The first-order valence-electron chi connectivity index (χ1n) is 9.55. The van der Waals surface area contributed by atoms with Crippen molar-refractivity contribution in [2.75, 3.05) is 7.11 Å². The van der Waals surface area contributed by atoms with E-state index in [1.807, 2.05) is 35.2 Å². The monoisotopic (exact) mass is 435 g/mol. The second-order valence-corrected chi connectivity index (χ2v) is 7.40. The fraction of sp³-hybridized carbons (Fsp3) is 0.182. The van der Waals surface area contributed by atoms with Crippen molar-refractivity contribution < 1.29 is 14.3 Å². The highest BCUT2D eigenvalue weighted by Crippen LogP contribution is 2.29. The van der Waals surface area contributed by atoms with Crippen LogP contribution in [-0.4, -0.2) is 32.5 Å². The number of amides is 1. The Morgan fingerprint density at radius 2 is 2.03 bits per heavy atom. The number of hydrogen-bond donors (Lipinski definition) is 1. The summed E-state index contributed by atoms with van der Waals surface area (Å²) in [6.07, 6.45) is 5.29. The summed E-state index contributed by atoms with van der Waals surface area (Å²) >= 11 is 1.51.